The third-order valence-corrected chi connectivity index (χ3v) is 12.2. The van der Waals surface area contributed by atoms with E-state index in [2.05, 4.69) is 20.1 Å². The fourth-order valence-electron chi connectivity index (χ4n) is 8.94. The number of fused-ring (bicyclic) bond motifs is 2. The number of piperidine rings is 2. The largest absolute Gasteiger partial charge is 0.496 e. The zero-order valence-electron chi connectivity index (χ0n) is 33.8. The van der Waals surface area contributed by atoms with E-state index in [0.717, 1.165) is 103 Å². The van der Waals surface area contributed by atoms with Gasteiger partial charge in [0.2, 0.25) is 11.8 Å². The van der Waals surface area contributed by atoms with Crippen molar-refractivity contribution in [3.05, 3.63) is 82.0 Å². The molecule has 1 atom stereocenters. The van der Waals surface area contributed by atoms with Gasteiger partial charge in [0.15, 0.2) is 0 Å². The number of pyridine rings is 2. The van der Waals surface area contributed by atoms with Gasteiger partial charge in [-0.25, -0.2) is 0 Å². The van der Waals surface area contributed by atoms with E-state index in [4.69, 9.17) is 18.9 Å². The van der Waals surface area contributed by atoms with Crippen molar-refractivity contribution in [1.29, 1.82) is 0 Å². The minimum atomic E-state index is -0.996. The van der Waals surface area contributed by atoms with Gasteiger partial charge in [-0.05, 0) is 92.4 Å². The highest BCUT2D eigenvalue weighted by Crippen LogP contribution is 2.39. The number of nitrogens with one attached hydrogen (secondary N) is 1. The van der Waals surface area contributed by atoms with Gasteiger partial charge in [-0.2, -0.15) is 0 Å². The fourth-order valence-corrected chi connectivity index (χ4v) is 8.94. The number of rotatable bonds is 13. The summed E-state index contributed by atoms with van der Waals surface area (Å²) in [4.78, 5) is 73.0. The van der Waals surface area contributed by atoms with Crippen LogP contribution in [0.25, 0.3) is 21.9 Å². The molecule has 3 fully saturated rings. The number of ether oxygens (including phenoxy) is 4. The molecule has 310 valence electrons. The Kier molecular flexibility index (Phi) is 11.5. The van der Waals surface area contributed by atoms with Crippen LogP contribution in [0.1, 0.15) is 71.2 Å². The lowest BCUT2D eigenvalue weighted by Gasteiger charge is -2.47. The first kappa shape index (κ1) is 40.2. The minimum Gasteiger partial charge on any atom is -0.496 e. The van der Waals surface area contributed by atoms with E-state index in [1.165, 1.54) is 0 Å². The minimum absolute atomic E-state index is 0.0766. The molecule has 0 saturated carbocycles. The molecule has 0 radical (unpaired) electrons. The summed E-state index contributed by atoms with van der Waals surface area (Å²) in [7, 11) is 5.10. The Morgan fingerprint density at radius 1 is 0.864 bits per heavy atom. The molecule has 4 aromatic rings. The van der Waals surface area contributed by atoms with Gasteiger partial charge < -0.3 is 23.5 Å². The van der Waals surface area contributed by atoms with Crippen LogP contribution in [-0.4, -0.2) is 120 Å². The van der Waals surface area contributed by atoms with Crippen molar-refractivity contribution in [2.45, 2.75) is 63.1 Å². The first-order chi connectivity index (χ1) is 28.6. The summed E-state index contributed by atoms with van der Waals surface area (Å²) in [5, 5.41) is 3.60. The lowest BCUT2D eigenvalue weighted by molar-refractivity contribution is -0.136. The number of hydrogen-bond acceptors (Lipinski definition) is 12. The Morgan fingerprint density at radius 2 is 1.63 bits per heavy atom. The lowest BCUT2D eigenvalue weighted by Crippen LogP contribution is -2.56. The molecule has 59 heavy (non-hydrogen) atoms. The van der Waals surface area contributed by atoms with E-state index < -0.39 is 29.7 Å². The Hall–Kier alpha value is -5.64. The van der Waals surface area contributed by atoms with E-state index in [1.54, 1.807) is 56.4 Å². The van der Waals surface area contributed by atoms with Gasteiger partial charge in [0.25, 0.3) is 17.4 Å². The monoisotopic (exact) mass is 806 g/mol. The summed E-state index contributed by atoms with van der Waals surface area (Å²) >= 11 is 0. The molecular formula is C44H50N6O9. The molecule has 2 aromatic heterocycles. The van der Waals surface area contributed by atoms with E-state index in [-0.39, 0.29) is 35.1 Å². The average molecular weight is 807 g/mol. The van der Waals surface area contributed by atoms with Crippen LogP contribution < -0.4 is 25.1 Å². The fraction of sp³-hybridized carbons (Fsp3) is 0.455. The van der Waals surface area contributed by atoms with Gasteiger partial charge in [0.05, 0.1) is 55.1 Å². The molecule has 2 aromatic carbocycles. The average Bonchev–Trinajstić information content (AvgIpc) is 3.49. The van der Waals surface area contributed by atoms with Crippen LogP contribution in [-0.2, 0) is 27.9 Å². The molecule has 15 heteroatoms. The van der Waals surface area contributed by atoms with Gasteiger partial charge in [0.1, 0.15) is 23.3 Å². The van der Waals surface area contributed by atoms with Crippen LogP contribution in [0.15, 0.2) is 59.8 Å². The highest BCUT2D eigenvalue weighted by Gasteiger charge is 2.45. The van der Waals surface area contributed by atoms with Crippen molar-refractivity contribution in [3.63, 3.8) is 0 Å². The Bertz CT molecular complexity index is 2330. The predicted molar refractivity (Wildman–Crippen MR) is 218 cm³/mol. The second kappa shape index (κ2) is 16.9. The molecule has 6 heterocycles. The Labute approximate surface area is 342 Å². The number of unbranched alkanes of at least 4 members (excludes halogenated alkanes) is 2. The molecule has 1 spiro atoms. The molecular weight excluding hydrogens is 757 g/mol. The van der Waals surface area contributed by atoms with Gasteiger partial charge in [-0.3, -0.25) is 49.0 Å². The topological polar surface area (TPSA) is 162 Å². The first-order valence-electron chi connectivity index (χ1n) is 20.3. The number of imide groups is 2. The summed E-state index contributed by atoms with van der Waals surface area (Å²) in [5.41, 5.74) is 2.96. The SMILES string of the molecule is COc1cc(-c2cn(C)c(=O)c3cnccc23)cc(OC)c1CN1CCC2(CC1)CN(CCCCCOc1ccc3c(c1)C(=O)N(C1CCC(=O)NC1=O)C3=O)CCO2. The zero-order valence-corrected chi connectivity index (χ0v) is 33.8. The number of morpholine rings is 1. The maximum atomic E-state index is 13.1. The van der Waals surface area contributed by atoms with Gasteiger partial charge in [-0.1, -0.05) is 0 Å². The molecule has 8 rings (SSSR count). The number of likely N-dealkylation sites (tertiary alicyclic amines) is 1. The standard InChI is InChI=1S/C44H50N6O9/c1-47-25-34(30-11-14-45-24-33(30)41(47)53)28-21-37(56-2)35(38(22-28)57-3)26-48-16-12-44(13-17-48)27-49(18-20-59-44)15-5-4-6-19-58-29-7-8-31-32(23-29)43(55)50(42(31)54)36-9-10-39(51)46-40(36)52/h7-8,11,14,21-25,36H,4-6,9-10,12-13,15-20,26-27H2,1-3H3,(H,46,51,52). The maximum Gasteiger partial charge on any atom is 0.262 e. The second-order valence-corrected chi connectivity index (χ2v) is 15.9. The van der Waals surface area contributed by atoms with Crippen LogP contribution in [0, 0.1) is 0 Å². The number of methoxy groups -OCH3 is 2. The molecule has 4 amide bonds. The highest BCUT2D eigenvalue weighted by molar-refractivity contribution is 6.23. The smallest absolute Gasteiger partial charge is 0.262 e. The molecule has 15 nitrogen and oxygen atoms in total. The molecule has 4 aliphatic heterocycles. The van der Waals surface area contributed by atoms with Crippen molar-refractivity contribution in [2.24, 2.45) is 7.05 Å². The van der Waals surface area contributed by atoms with Crippen molar-refractivity contribution in [2.75, 3.05) is 60.2 Å². The van der Waals surface area contributed by atoms with Crippen LogP contribution in [0.5, 0.6) is 17.2 Å². The van der Waals surface area contributed by atoms with E-state index >= 15 is 0 Å². The van der Waals surface area contributed by atoms with Crippen LogP contribution in [0.3, 0.4) is 0 Å². The zero-order chi connectivity index (χ0) is 41.3. The van der Waals surface area contributed by atoms with E-state index in [9.17, 15) is 24.0 Å². The number of carbonyl (C=O) groups is 4. The highest BCUT2D eigenvalue weighted by atomic mass is 16.5. The number of nitrogens with zero attached hydrogens (tertiary/aromatic N) is 5. The third-order valence-electron chi connectivity index (χ3n) is 12.2. The molecule has 4 aliphatic rings. The number of amides is 4. The van der Waals surface area contributed by atoms with E-state index in [1.807, 2.05) is 24.4 Å². The van der Waals surface area contributed by atoms with Crippen molar-refractivity contribution < 1.29 is 38.1 Å². The number of aryl methyl sites for hydroxylation is 1. The number of aromatic nitrogens is 2. The van der Waals surface area contributed by atoms with Crippen LogP contribution >= 0.6 is 0 Å². The van der Waals surface area contributed by atoms with Gasteiger partial charge in [-0.15, -0.1) is 0 Å². The van der Waals surface area contributed by atoms with Crippen molar-refractivity contribution in [3.8, 4) is 28.4 Å². The number of hydrogen-bond donors (Lipinski definition) is 1. The summed E-state index contributed by atoms with van der Waals surface area (Å²) in [6.07, 6.45) is 10.0. The molecule has 3 saturated heterocycles. The molecule has 0 bridgehead atoms. The number of benzene rings is 2. The van der Waals surface area contributed by atoms with Crippen molar-refractivity contribution >= 4 is 34.4 Å². The van der Waals surface area contributed by atoms with Crippen LogP contribution in [0.2, 0.25) is 0 Å². The quantitative estimate of drug-likeness (QED) is 0.153. The summed E-state index contributed by atoms with van der Waals surface area (Å²) < 4.78 is 25.9. The lowest BCUT2D eigenvalue weighted by atomic mass is 9.89. The first-order valence-corrected chi connectivity index (χ1v) is 20.3. The second-order valence-electron chi connectivity index (χ2n) is 15.9. The van der Waals surface area contributed by atoms with Crippen LogP contribution in [0.4, 0.5) is 0 Å². The Morgan fingerprint density at radius 3 is 2.37 bits per heavy atom. The van der Waals surface area contributed by atoms with Gasteiger partial charge >= 0.3 is 0 Å². The molecule has 1 unspecified atom stereocenters. The number of carbonyl (C=O) groups excluding carboxylic acids is 4. The summed E-state index contributed by atoms with van der Waals surface area (Å²) in [6, 6.07) is 9.73. The molecule has 0 aliphatic carbocycles. The summed E-state index contributed by atoms with van der Waals surface area (Å²) in [5.74, 6) is -0.141. The Balaban J connectivity index is 0.805. The van der Waals surface area contributed by atoms with Gasteiger partial charge in [0, 0.05) is 70.3 Å². The molecule has 1 N–H and O–H groups in total. The van der Waals surface area contributed by atoms with Crippen molar-refractivity contribution in [1.82, 2.24) is 29.6 Å². The normalized spacial score (nSPS) is 19.6. The maximum absolute atomic E-state index is 13.1. The summed E-state index contributed by atoms with van der Waals surface area (Å²) in [6.45, 7) is 6.41. The predicted octanol–water partition coefficient (Wildman–Crippen LogP) is 3.94. The third kappa shape index (κ3) is 8.06. The van der Waals surface area contributed by atoms with E-state index in [0.29, 0.717) is 30.9 Å².